The van der Waals surface area contributed by atoms with E-state index in [1.54, 1.807) is 6.20 Å². The lowest BCUT2D eigenvalue weighted by Crippen LogP contribution is -2.36. The second kappa shape index (κ2) is 6.54. The van der Waals surface area contributed by atoms with Crippen molar-refractivity contribution in [1.82, 2.24) is 4.98 Å². The summed E-state index contributed by atoms with van der Waals surface area (Å²) in [5.74, 6) is 0.796. The zero-order chi connectivity index (χ0) is 18.2. The Morgan fingerprint density at radius 2 is 1.56 bits per heavy atom. The maximum atomic E-state index is 13.5. The Hall–Kier alpha value is -3.14. The fourth-order valence-electron chi connectivity index (χ4n) is 4.23. The van der Waals surface area contributed by atoms with Crippen molar-refractivity contribution < 1.29 is 4.79 Å². The van der Waals surface area contributed by atoms with Gasteiger partial charge >= 0.3 is 0 Å². The number of pyridine rings is 1. The van der Waals surface area contributed by atoms with E-state index in [-0.39, 0.29) is 5.91 Å². The summed E-state index contributed by atoms with van der Waals surface area (Å²) in [5, 5.41) is 0. The number of anilines is 3. The molecule has 134 valence electrons. The highest BCUT2D eigenvalue weighted by atomic mass is 16.2. The standard InChI is InChI=1S/C23H21N3O/c27-23(26-15-6-9-17-7-1-4-12-21(17)26)19-10-5-14-24-22(19)25-16-13-18-8-2-3-11-20(18)25/h1-5,7-8,10-12,14H,6,9,13,15-16H2. The third-order valence-corrected chi connectivity index (χ3v) is 5.52. The lowest BCUT2D eigenvalue weighted by Gasteiger charge is -2.30. The smallest absolute Gasteiger partial charge is 0.262 e. The molecule has 0 fully saturated rings. The van der Waals surface area contributed by atoms with Gasteiger partial charge in [-0.1, -0.05) is 36.4 Å². The average Bonchev–Trinajstić information content (AvgIpc) is 3.17. The Labute approximate surface area is 159 Å². The first-order valence-electron chi connectivity index (χ1n) is 9.53. The Bertz CT molecular complexity index is 1010. The minimum absolute atomic E-state index is 0.0367. The van der Waals surface area contributed by atoms with Crippen LogP contribution in [-0.2, 0) is 12.8 Å². The van der Waals surface area contributed by atoms with Crippen molar-refractivity contribution >= 4 is 23.1 Å². The Morgan fingerprint density at radius 1 is 0.815 bits per heavy atom. The van der Waals surface area contributed by atoms with Gasteiger partial charge in [0, 0.05) is 30.7 Å². The molecule has 0 bridgehead atoms. The van der Waals surface area contributed by atoms with E-state index >= 15 is 0 Å². The molecule has 2 aromatic carbocycles. The molecule has 0 saturated carbocycles. The number of benzene rings is 2. The highest BCUT2D eigenvalue weighted by molar-refractivity contribution is 6.10. The SMILES string of the molecule is O=C(c1cccnc1N1CCc2ccccc21)N1CCCc2ccccc21. The van der Waals surface area contributed by atoms with Crippen LogP contribution in [0.3, 0.4) is 0 Å². The lowest BCUT2D eigenvalue weighted by molar-refractivity contribution is 0.0985. The molecule has 0 spiro atoms. The van der Waals surface area contributed by atoms with Crippen molar-refractivity contribution in [3.8, 4) is 0 Å². The minimum Gasteiger partial charge on any atom is -0.325 e. The molecule has 3 aromatic rings. The van der Waals surface area contributed by atoms with Gasteiger partial charge in [0.15, 0.2) is 0 Å². The maximum Gasteiger partial charge on any atom is 0.262 e. The van der Waals surface area contributed by atoms with E-state index < -0.39 is 0 Å². The normalized spacial score (nSPS) is 15.4. The zero-order valence-electron chi connectivity index (χ0n) is 15.1. The number of rotatable bonds is 2. The van der Waals surface area contributed by atoms with Crippen LogP contribution < -0.4 is 9.80 Å². The number of carbonyl (C=O) groups is 1. The number of amides is 1. The second-order valence-corrected chi connectivity index (χ2v) is 7.09. The molecule has 0 aliphatic carbocycles. The number of hydrogen-bond donors (Lipinski definition) is 0. The number of nitrogens with zero attached hydrogens (tertiary/aromatic N) is 3. The molecule has 5 rings (SSSR count). The number of carbonyl (C=O) groups excluding carboxylic acids is 1. The molecule has 0 unspecified atom stereocenters. The summed E-state index contributed by atoms with van der Waals surface area (Å²) in [4.78, 5) is 22.2. The van der Waals surface area contributed by atoms with Crippen LogP contribution in [0, 0.1) is 0 Å². The first-order chi connectivity index (χ1) is 13.3. The molecule has 4 heteroatoms. The van der Waals surface area contributed by atoms with Gasteiger partial charge in [0.1, 0.15) is 5.82 Å². The molecule has 0 saturated heterocycles. The number of aryl methyl sites for hydroxylation is 1. The van der Waals surface area contributed by atoms with E-state index in [1.165, 1.54) is 11.1 Å². The van der Waals surface area contributed by atoms with Crippen molar-refractivity contribution in [2.24, 2.45) is 0 Å². The van der Waals surface area contributed by atoms with Crippen LogP contribution in [0.25, 0.3) is 0 Å². The largest absolute Gasteiger partial charge is 0.325 e. The van der Waals surface area contributed by atoms with Gasteiger partial charge in [0.25, 0.3) is 5.91 Å². The molecule has 27 heavy (non-hydrogen) atoms. The summed E-state index contributed by atoms with van der Waals surface area (Å²) in [5.41, 5.74) is 5.42. The molecular weight excluding hydrogens is 334 g/mol. The average molecular weight is 355 g/mol. The maximum absolute atomic E-state index is 13.5. The van der Waals surface area contributed by atoms with Gasteiger partial charge < -0.3 is 9.80 Å². The Morgan fingerprint density at radius 3 is 2.41 bits per heavy atom. The molecule has 0 radical (unpaired) electrons. The Balaban J connectivity index is 1.56. The summed E-state index contributed by atoms with van der Waals surface area (Å²) in [7, 11) is 0. The van der Waals surface area contributed by atoms with Crippen molar-refractivity contribution in [3.63, 3.8) is 0 Å². The molecule has 2 aliphatic heterocycles. The van der Waals surface area contributed by atoms with Gasteiger partial charge in [-0.05, 0) is 54.7 Å². The summed E-state index contributed by atoms with van der Waals surface area (Å²) >= 11 is 0. The van der Waals surface area contributed by atoms with Gasteiger partial charge in [-0.15, -0.1) is 0 Å². The predicted molar refractivity (Wildman–Crippen MR) is 108 cm³/mol. The molecular formula is C23H21N3O. The van der Waals surface area contributed by atoms with Crippen LogP contribution in [0.4, 0.5) is 17.2 Å². The molecule has 0 atom stereocenters. The fourth-order valence-corrected chi connectivity index (χ4v) is 4.23. The lowest BCUT2D eigenvalue weighted by atomic mass is 10.0. The Kier molecular flexibility index (Phi) is 3.89. The predicted octanol–water partition coefficient (Wildman–Crippen LogP) is 4.37. The van der Waals surface area contributed by atoms with Gasteiger partial charge in [-0.2, -0.15) is 0 Å². The number of hydrogen-bond acceptors (Lipinski definition) is 3. The minimum atomic E-state index is 0.0367. The molecule has 4 nitrogen and oxygen atoms in total. The van der Waals surface area contributed by atoms with Crippen LogP contribution >= 0.6 is 0 Å². The van der Waals surface area contributed by atoms with E-state index in [0.29, 0.717) is 5.56 Å². The quantitative estimate of drug-likeness (QED) is 0.685. The highest BCUT2D eigenvalue weighted by Gasteiger charge is 2.29. The summed E-state index contributed by atoms with van der Waals surface area (Å²) in [6.07, 6.45) is 4.77. The first-order valence-corrected chi connectivity index (χ1v) is 9.53. The van der Waals surface area contributed by atoms with Gasteiger partial charge in [0.05, 0.1) is 5.56 Å². The number of para-hydroxylation sites is 2. The van der Waals surface area contributed by atoms with E-state index in [1.807, 2.05) is 41.3 Å². The molecule has 1 aromatic heterocycles. The first kappa shape index (κ1) is 16.1. The van der Waals surface area contributed by atoms with Crippen molar-refractivity contribution in [3.05, 3.63) is 83.6 Å². The summed E-state index contributed by atoms with van der Waals surface area (Å²) in [6.45, 7) is 1.61. The fraction of sp³-hybridized carbons (Fsp3) is 0.217. The van der Waals surface area contributed by atoms with Crippen LogP contribution in [0.1, 0.15) is 27.9 Å². The highest BCUT2D eigenvalue weighted by Crippen LogP contribution is 2.36. The van der Waals surface area contributed by atoms with Crippen molar-refractivity contribution in [2.45, 2.75) is 19.3 Å². The molecule has 0 N–H and O–H groups in total. The van der Waals surface area contributed by atoms with Crippen molar-refractivity contribution in [2.75, 3.05) is 22.9 Å². The van der Waals surface area contributed by atoms with Gasteiger partial charge in [0.2, 0.25) is 0 Å². The van der Waals surface area contributed by atoms with Crippen LogP contribution in [0.15, 0.2) is 66.9 Å². The van der Waals surface area contributed by atoms with Gasteiger partial charge in [-0.25, -0.2) is 4.98 Å². The second-order valence-electron chi connectivity index (χ2n) is 7.09. The number of fused-ring (bicyclic) bond motifs is 2. The summed E-state index contributed by atoms with van der Waals surface area (Å²) < 4.78 is 0. The third-order valence-electron chi connectivity index (χ3n) is 5.52. The van der Waals surface area contributed by atoms with Crippen LogP contribution in [-0.4, -0.2) is 24.0 Å². The van der Waals surface area contributed by atoms with Crippen LogP contribution in [0.5, 0.6) is 0 Å². The van der Waals surface area contributed by atoms with E-state index in [4.69, 9.17) is 0 Å². The monoisotopic (exact) mass is 355 g/mol. The topological polar surface area (TPSA) is 36.4 Å². The third kappa shape index (κ3) is 2.69. The van der Waals surface area contributed by atoms with Crippen LogP contribution in [0.2, 0.25) is 0 Å². The van der Waals surface area contributed by atoms with E-state index in [2.05, 4.69) is 34.1 Å². The van der Waals surface area contributed by atoms with E-state index in [0.717, 1.165) is 49.5 Å². The number of aromatic nitrogens is 1. The van der Waals surface area contributed by atoms with E-state index in [9.17, 15) is 4.79 Å². The van der Waals surface area contributed by atoms with Gasteiger partial charge in [-0.3, -0.25) is 4.79 Å². The van der Waals surface area contributed by atoms with Crippen molar-refractivity contribution in [1.29, 1.82) is 0 Å². The molecule has 1 amide bonds. The molecule has 2 aliphatic rings. The molecule has 3 heterocycles. The zero-order valence-corrected chi connectivity index (χ0v) is 15.1. The summed E-state index contributed by atoms with van der Waals surface area (Å²) in [6, 6.07) is 20.4.